The Morgan fingerprint density at radius 3 is 2.44 bits per heavy atom. The summed E-state index contributed by atoms with van der Waals surface area (Å²) in [5.41, 5.74) is 3.28. The molecular weight excluding hydrogens is 244 g/mol. The first-order valence-electron chi connectivity index (χ1n) is 6.00. The fraction of sp³-hybridized carbons (Fsp3) is 0.214. The fourth-order valence-corrected chi connectivity index (χ4v) is 2.96. The maximum atomic E-state index is 12.4. The Kier molecular flexibility index (Phi) is 2.80. The van der Waals surface area contributed by atoms with Crippen molar-refractivity contribution in [2.45, 2.75) is 20.0 Å². The number of aromatic nitrogens is 2. The molecule has 2 aromatic heterocycles. The van der Waals surface area contributed by atoms with Crippen LogP contribution in [0.4, 0.5) is 0 Å². The van der Waals surface area contributed by atoms with Gasteiger partial charge in [0.1, 0.15) is 0 Å². The molecule has 4 heteroatoms. The number of rotatable bonds is 3. The zero-order chi connectivity index (χ0) is 12.5. The van der Waals surface area contributed by atoms with Crippen molar-refractivity contribution in [2.24, 2.45) is 0 Å². The maximum absolute atomic E-state index is 12.4. The zero-order valence-corrected chi connectivity index (χ0v) is 11.0. The van der Waals surface area contributed by atoms with E-state index < -0.39 is 0 Å². The molecule has 0 radical (unpaired) electrons. The molecule has 0 atom stereocenters. The summed E-state index contributed by atoms with van der Waals surface area (Å²) < 4.78 is 3.67. The highest BCUT2D eigenvalue weighted by Crippen LogP contribution is 2.15. The average Bonchev–Trinajstić information content (AvgIpc) is 2.98. The first kappa shape index (κ1) is 11.3. The molecule has 1 aromatic carbocycles. The van der Waals surface area contributed by atoms with Crippen molar-refractivity contribution in [1.82, 2.24) is 9.13 Å². The number of hydrogen-bond donors (Lipinski definition) is 0. The molecule has 18 heavy (non-hydrogen) atoms. The Labute approximate surface area is 109 Å². The van der Waals surface area contributed by atoms with Gasteiger partial charge in [-0.1, -0.05) is 12.1 Å². The fourth-order valence-electron chi connectivity index (χ4n) is 2.30. The zero-order valence-electron chi connectivity index (χ0n) is 10.2. The van der Waals surface area contributed by atoms with Gasteiger partial charge in [0.15, 0.2) is 0 Å². The lowest BCUT2D eigenvalue weighted by Gasteiger charge is -2.00. The Morgan fingerprint density at radius 1 is 1.11 bits per heavy atom. The summed E-state index contributed by atoms with van der Waals surface area (Å²) in [5, 5.41) is 4.13. The van der Waals surface area contributed by atoms with Gasteiger partial charge < -0.3 is 0 Å². The smallest absolute Gasteiger partial charge is 0.292 e. The number of fused-ring (bicyclic) bond motifs is 1. The molecule has 0 aliphatic carbocycles. The van der Waals surface area contributed by atoms with Crippen molar-refractivity contribution in [1.29, 1.82) is 0 Å². The van der Waals surface area contributed by atoms with E-state index in [1.54, 1.807) is 11.3 Å². The highest BCUT2D eigenvalue weighted by molar-refractivity contribution is 7.07. The largest absolute Gasteiger partial charge is 0.329 e. The second-order valence-electron chi connectivity index (χ2n) is 4.23. The number of benzene rings is 1. The molecule has 92 valence electrons. The molecule has 0 aliphatic heterocycles. The highest BCUT2D eigenvalue weighted by atomic mass is 32.1. The van der Waals surface area contributed by atoms with E-state index in [1.807, 2.05) is 45.7 Å². The van der Waals surface area contributed by atoms with E-state index in [4.69, 9.17) is 0 Å². The lowest BCUT2D eigenvalue weighted by atomic mass is 10.3. The molecule has 0 saturated carbocycles. The molecule has 0 N–H and O–H groups in total. The molecule has 0 bridgehead atoms. The topological polar surface area (TPSA) is 26.9 Å². The summed E-state index contributed by atoms with van der Waals surface area (Å²) in [6.45, 7) is 3.36. The molecule has 0 spiro atoms. The lowest BCUT2D eigenvalue weighted by Crippen LogP contribution is -2.24. The van der Waals surface area contributed by atoms with E-state index in [2.05, 4.69) is 11.4 Å². The average molecular weight is 258 g/mol. The van der Waals surface area contributed by atoms with E-state index in [-0.39, 0.29) is 5.69 Å². The first-order valence-corrected chi connectivity index (χ1v) is 6.94. The van der Waals surface area contributed by atoms with Crippen LogP contribution in [-0.4, -0.2) is 9.13 Å². The molecule has 0 fully saturated rings. The Balaban J connectivity index is 2.22. The van der Waals surface area contributed by atoms with Gasteiger partial charge in [-0.3, -0.25) is 9.13 Å². The van der Waals surface area contributed by atoms with Crippen LogP contribution >= 0.6 is 11.3 Å². The van der Waals surface area contributed by atoms with Crippen LogP contribution in [0.1, 0.15) is 12.5 Å². The predicted molar refractivity (Wildman–Crippen MR) is 75.3 cm³/mol. The maximum Gasteiger partial charge on any atom is 0.329 e. The van der Waals surface area contributed by atoms with E-state index in [9.17, 15) is 4.79 Å². The summed E-state index contributed by atoms with van der Waals surface area (Å²) in [5.74, 6) is 0. The number of imidazole rings is 1. The van der Waals surface area contributed by atoms with Gasteiger partial charge in [0.25, 0.3) is 0 Å². The number of thiophene rings is 1. The van der Waals surface area contributed by atoms with E-state index in [0.717, 1.165) is 11.0 Å². The van der Waals surface area contributed by atoms with Gasteiger partial charge in [-0.2, -0.15) is 11.3 Å². The normalized spacial score (nSPS) is 11.2. The van der Waals surface area contributed by atoms with Crippen molar-refractivity contribution in [3.8, 4) is 0 Å². The minimum absolute atomic E-state index is 0.0740. The summed E-state index contributed by atoms with van der Waals surface area (Å²) in [4.78, 5) is 12.4. The van der Waals surface area contributed by atoms with Crippen LogP contribution in [-0.2, 0) is 13.1 Å². The van der Waals surface area contributed by atoms with Gasteiger partial charge in [0, 0.05) is 6.54 Å². The van der Waals surface area contributed by atoms with Gasteiger partial charge in [0.05, 0.1) is 17.6 Å². The minimum Gasteiger partial charge on any atom is -0.292 e. The minimum atomic E-state index is 0.0740. The van der Waals surface area contributed by atoms with Gasteiger partial charge in [-0.05, 0) is 41.4 Å². The monoisotopic (exact) mass is 258 g/mol. The summed E-state index contributed by atoms with van der Waals surface area (Å²) in [6, 6.07) is 10.0. The van der Waals surface area contributed by atoms with Gasteiger partial charge in [0.2, 0.25) is 0 Å². The SMILES string of the molecule is CCn1c(=O)n(Cc2ccsc2)c2ccccc21. The summed E-state index contributed by atoms with van der Waals surface area (Å²) in [6.07, 6.45) is 0. The third kappa shape index (κ3) is 1.69. The molecule has 0 amide bonds. The number of para-hydroxylation sites is 2. The van der Waals surface area contributed by atoms with Gasteiger partial charge in [-0.25, -0.2) is 4.79 Å². The first-order chi connectivity index (χ1) is 8.81. The van der Waals surface area contributed by atoms with Crippen molar-refractivity contribution < 1.29 is 0 Å². The number of aryl methyl sites for hydroxylation is 1. The second-order valence-corrected chi connectivity index (χ2v) is 5.01. The summed E-state index contributed by atoms with van der Waals surface area (Å²) in [7, 11) is 0. The molecule has 3 nitrogen and oxygen atoms in total. The van der Waals surface area contributed by atoms with Crippen LogP contribution in [0.3, 0.4) is 0 Å². The third-order valence-corrected chi connectivity index (χ3v) is 3.89. The molecule has 0 saturated heterocycles. The van der Waals surface area contributed by atoms with E-state index in [1.165, 1.54) is 5.56 Å². The van der Waals surface area contributed by atoms with Crippen molar-refractivity contribution in [3.05, 3.63) is 57.1 Å². The molecule has 0 aliphatic rings. The second kappa shape index (κ2) is 4.46. The van der Waals surface area contributed by atoms with Crippen molar-refractivity contribution in [3.63, 3.8) is 0 Å². The molecule has 0 unspecified atom stereocenters. The van der Waals surface area contributed by atoms with Crippen LogP contribution in [0, 0.1) is 0 Å². The van der Waals surface area contributed by atoms with Crippen LogP contribution < -0.4 is 5.69 Å². The van der Waals surface area contributed by atoms with E-state index in [0.29, 0.717) is 13.1 Å². The van der Waals surface area contributed by atoms with Gasteiger partial charge >= 0.3 is 5.69 Å². The quantitative estimate of drug-likeness (QED) is 0.709. The number of nitrogens with zero attached hydrogens (tertiary/aromatic N) is 2. The van der Waals surface area contributed by atoms with Gasteiger partial charge in [-0.15, -0.1) is 0 Å². The van der Waals surface area contributed by atoms with Crippen LogP contribution in [0.15, 0.2) is 45.9 Å². The third-order valence-electron chi connectivity index (χ3n) is 3.16. The standard InChI is InChI=1S/C14H14N2OS/c1-2-15-12-5-3-4-6-13(12)16(14(15)17)9-11-7-8-18-10-11/h3-8,10H,2,9H2,1H3. The molecule has 3 aromatic rings. The van der Waals surface area contributed by atoms with Crippen LogP contribution in [0.2, 0.25) is 0 Å². The highest BCUT2D eigenvalue weighted by Gasteiger charge is 2.11. The van der Waals surface area contributed by atoms with Crippen LogP contribution in [0.25, 0.3) is 11.0 Å². The molecule has 2 heterocycles. The van der Waals surface area contributed by atoms with Crippen molar-refractivity contribution >= 4 is 22.4 Å². The number of hydrogen-bond acceptors (Lipinski definition) is 2. The lowest BCUT2D eigenvalue weighted by molar-refractivity contribution is 0.685. The van der Waals surface area contributed by atoms with Crippen LogP contribution in [0.5, 0.6) is 0 Å². The predicted octanol–water partition coefficient (Wildman–Crippen LogP) is 2.93. The van der Waals surface area contributed by atoms with Crippen molar-refractivity contribution in [2.75, 3.05) is 0 Å². The Morgan fingerprint density at radius 2 is 1.83 bits per heavy atom. The van der Waals surface area contributed by atoms with E-state index >= 15 is 0 Å². The summed E-state index contributed by atoms with van der Waals surface area (Å²) >= 11 is 1.66. The molecular formula is C14H14N2OS. The molecule has 3 rings (SSSR count). The Hall–Kier alpha value is -1.81. The Bertz CT molecular complexity index is 722.